The minimum Gasteiger partial charge on any atom is -0.237 e. The minimum absolute atomic E-state index is 0.768. The summed E-state index contributed by atoms with van der Waals surface area (Å²) >= 11 is 0. The third-order valence-corrected chi connectivity index (χ3v) is 3.90. The second-order valence-electron chi connectivity index (χ2n) is 5.72. The Morgan fingerprint density at radius 3 is 2.67 bits per heavy atom. The molecule has 0 amide bonds. The molecular formula is C20H20N4. The van der Waals surface area contributed by atoms with E-state index in [1.165, 1.54) is 0 Å². The zero-order chi connectivity index (χ0) is 17.1. The third-order valence-electron chi connectivity index (χ3n) is 3.90. The van der Waals surface area contributed by atoms with Crippen molar-refractivity contribution in [3.63, 3.8) is 0 Å². The molecule has 0 saturated heterocycles. The van der Waals surface area contributed by atoms with E-state index in [9.17, 15) is 0 Å². The van der Waals surface area contributed by atoms with Crippen molar-refractivity contribution in [3.05, 3.63) is 78.3 Å². The number of hydrogen-bond donors (Lipinski definition) is 0. The average molecular weight is 316 g/mol. The van der Waals surface area contributed by atoms with Gasteiger partial charge in [0.05, 0.1) is 11.4 Å². The van der Waals surface area contributed by atoms with Gasteiger partial charge in [0.1, 0.15) is 0 Å². The van der Waals surface area contributed by atoms with E-state index in [2.05, 4.69) is 35.7 Å². The maximum Gasteiger partial charge on any atom is 0.165 e. The van der Waals surface area contributed by atoms with Gasteiger partial charge in [-0.1, -0.05) is 36.4 Å². The van der Waals surface area contributed by atoms with Crippen LogP contribution in [0.15, 0.2) is 66.9 Å². The predicted octanol–water partition coefficient (Wildman–Crippen LogP) is 4.66. The van der Waals surface area contributed by atoms with Gasteiger partial charge in [-0.25, -0.2) is 9.97 Å². The Morgan fingerprint density at radius 2 is 1.96 bits per heavy atom. The molecular weight excluding hydrogens is 296 g/mol. The monoisotopic (exact) mass is 316 g/mol. The second-order valence-corrected chi connectivity index (χ2v) is 5.72. The van der Waals surface area contributed by atoms with E-state index in [-0.39, 0.29) is 0 Å². The standard InChI is InChI=1S/C20H20N4/c1-5-14(2)9-10-15(3)18-12-11-17-16(4)23-24(20(17)22-18)19-8-6-7-13-21-19/h5-13H,1H2,2-4H3/b14-9-,15-10+. The van der Waals surface area contributed by atoms with Gasteiger partial charge in [0.2, 0.25) is 0 Å². The average Bonchev–Trinajstić information content (AvgIpc) is 2.96. The maximum atomic E-state index is 4.81. The van der Waals surface area contributed by atoms with E-state index in [1.54, 1.807) is 10.9 Å². The molecule has 3 rings (SSSR count). The van der Waals surface area contributed by atoms with E-state index in [0.717, 1.165) is 39.4 Å². The van der Waals surface area contributed by atoms with Crippen LogP contribution in [0.25, 0.3) is 22.4 Å². The van der Waals surface area contributed by atoms with Crippen LogP contribution in [0, 0.1) is 6.92 Å². The van der Waals surface area contributed by atoms with Gasteiger partial charge >= 0.3 is 0 Å². The predicted molar refractivity (Wildman–Crippen MR) is 99.0 cm³/mol. The molecule has 0 saturated carbocycles. The van der Waals surface area contributed by atoms with Crippen LogP contribution in [-0.4, -0.2) is 19.7 Å². The lowest BCUT2D eigenvalue weighted by molar-refractivity contribution is 0.846. The first kappa shape index (κ1) is 15.9. The molecule has 0 spiro atoms. The summed E-state index contributed by atoms with van der Waals surface area (Å²) in [5.41, 5.74) is 4.89. The first-order valence-corrected chi connectivity index (χ1v) is 7.86. The summed E-state index contributed by atoms with van der Waals surface area (Å²) < 4.78 is 1.80. The molecule has 24 heavy (non-hydrogen) atoms. The fourth-order valence-corrected chi connectivity index (χ4v) is 2.41. The van der Waals surface area contributed by atoms with Gasteiger partial charge in [0, 0.05) is 11.6 Å². The summed E-state index contributed by atoms with van der Waals surface area (Å²) in [6.07, 6.45) is 7.69. The molecule has 0 aliphatic rings. The molecule has 0 aliphatic heterocycles. The SMILES string of the molecule is C=C/C(C)=C\C=C(/C)c1ccc2c(C)nn(-c3ccccn3)c2n1. The Balaban J connectivity index is 2.12. The zero-order valence-electron chi connectivity index (χ0n) is 14.2. The number of aromatic nitrogens is 4. The first-order valence-electron chi connectivity index (χ1n) is 7.86. The van der Waals surface area contributed by atoms with Crippen molar-refractivity contribution < 1.29 is 0 Å². The Hall–Kier alpha value is -3.01. The largest absolute Gasteiger partial charge is 0.237 e. The minimum atomic E-state index is 0.768. The molecule has 3 aromatic rings. The fraction of sp³-hybridized carbons (Fsp3) is 0.150. The quantitative estimate of drug-likeness (QED) is 0.658. The summed E-state index contributed by atoms with van der Waals surface area (Å²) in [7, 11) is 0. The lowest BCUT2D eigenvalue weighted by Gasteiger charge is -2.04. The van der Waals surface area contributed by atoms with Crippen LogP contribution in [0.4, 0.5) is 0 Å². The Labute approximate surface area is 141 Å². The summed E-state index contributed by atoms with van der Waals surface area (Å²) in [4.78, 5) is 9.20. The lowest BCUT2D eigenvalue weighted by Crippen LogP contribution is -2.01. The van der Waals surface area contributed by atoms with E-state index in [1.807, 2.05) is 50.3 Å². The molecule has 4 nitrogen and oxygen atoms in total. The van der Waals surface area contributed by atoms with Crippen molar-refractivity contribution in [1.82, 2.24) is 19.7 Å². The molecule has 120 valence electrons. The molecule has 4 heteroatoms. The first-order chi connectivity index (χ1) is 11.6. The van der Waals surface area contributed by atoms with Crippen molar-refractivity contribution in [2.75, 3.05) is 0 Å². The number of pyridine rings is 2. The van der Waals surface area contributed by atoms with Gasteiger partial charge in [0.25, 0.3) is 0 Å². The van der Waals surface area contributed by atoms with Gasteiger partial charge in [-0.2, -0.15) is 9.78 Å². The fourth-order valence-electron chi connectivity index (χ4n) is 2.41. The molecule has 0 radical (unpaired) electrons. The highest BCUT2D eigenvalue weighted by Gasteiger charge is 2.12. The summed E-state index contributed by atoms with van der Waals surface area (Å²) in [6, 6.07) is 9.87. The zero-order valence-corrected chi connectivity index (χ0v) is 14.2. The number of rotatable bonds is 4. The van der Waals surface area contributed by atoms with Crippen LogP contribution in [0.1, 0.15) is 25.2 Å². The second kappa shape index (κ2) is 6.62. The highest BCUT2D eigenvalue weighted by molar-refractivity contribution is 5.81. The summed E-state index contributed by atoms with van der Waals surface area (Å²) in [5, 5.41) is 5.63. The molecule has 3 heterocycles. The Bertz CT molecular complexity index is 946. The number of hydrogen-bond acceptors (Lipinski definition) is 3. The van der Waals surface area contributed by atoms with Gasteiger partial charge in [0.15, 0.2) is 11.5 Å². The Kier molecular flexibility index (Phi) is 4.38. The molecule has 0 fully saturated rings. The smallest absolute Gasteiger partial charge is 0.165 e. The van der Waals surface area contributed by atoms with E-state index < -0.39 is 0 Å². The summed E-state index contributed by atoms with van der Waals surface area (Å²) in [6.45, 7) is 9.83. The molecule has 0 atom stereocenters. The van der Waals surface area contributed by atoms with Crippen LogP contribution in [-0.2, 0) is 0 Å². The number of nitrogens with zero attached hydrogens (tertiary/aromatic N) is 4. The van der Waals surface area contributed by atoms with Gasteiger partial charge in [-0.3, -0.25) is 0 Å². The number of allylic oxidation sites excluding steroid dienone is 5. The van der Waals surface area contributed by atoms with E-state index >= 15 is 0 Å². The molecule has 0 bridgehead atoms. The van der Waals surface area contributed by atoms with Crippen LogP contribution in [0.5, 0.6) is 0 Å². The third kappa shape index (κ3) is 3.04. The highest BCUT2D eigenvalue weighted by atomic mass is 15.3. The molecule has 0 aromatic carbocycles. The van der Waals surface area contributed by atoms with E-state index in [0.29, 0.717) is 0 Å². The van der Waals surface area contributed by atoms with Gasteiger partial charge in [-0.15, -0.1) is 0 Å². The van der Waals surface area contributed by atoms with Gasteiger partial charge < -0.3 is 0 Å². The van der Waals surface area contributed by atoms with Crippen LogP contribution < -0.4 is 0 Å². The van der Waals surface area contributed by atoms with Gasteiger partial charge in [-0.05, 0) is 50.6 Å². The normalized spacial score (nSPS) is 12.6. The molecule has 0 N–H and O–H groups in total. The number of aryl methyl sites for hydroxylation is 1. The van der Waals surface area contributed by atoms with Crippen LogP contribution >= 0.6 is 0 Å². The van der Waals surface area contributed by atoms with E-state index in [4.69, 9.17) is 4.98 Å². The van der Waals surface area contributed by atoms with Crippen molar-refractivity contribution in [2.45, 2.75) is 20.8 Å². The van der Waals surface area contributed by atoms with Crippen molar-refractivity contribution in [2.24, 2.45) is 0 Å². The highest BCUT2D eigenvalue weighted by Crippen LogP contribution is 2.22. The van der Waals surface area contributed by atoms with Crippen molar-refractivity contribution in [3.8, 4) is 5.82 Å². The maximum absolute atomic E-state index is 4.81. The molecule has 0 unspecified atom stereocenters. The molecule has 3 aromatic heterocycles. The summed E-state index contributed by atoms with van der Waals surface area (Å²) in [5.74, 6) is 0.768. The lowest BCUT2D eigenvalue weighted by atomic mass is 10.1. The molecule has 0 aliphatic carbocycles. The number of fused-ring (bicyclic) bond motifs is 1. The van der Waals surface area contributed by atoms with Crippen molar-refractivity contribution >= 4 is 16.6 Å². The topological polar surface area (TPSA) is 43.6 Å². The Morgan fingerprint density at radius 1 is 1.12 bits per heavy atom. The van der Waals surface area contributed by atoms with Crippen molar-refractivity contribution in [1.29, 1.82) is 0 Å². The van der Waals surface area contributed by atoms with Crippen LogP contribution in [0.3, 0.4) is 0 Å². The van der Waals surface area contributed by atoms with Crippen LogP contribution in [0.2, 0.25) is 0 Å².